The number of anilines is 1. The first-order chi connectivity index (χ1) is 13.8. The SMILES string of the molecule is Cc1cccc(N2C(=O)CC(N3C(=O)/C(=C/c4ccc(Cl)cc4)SC3=S)C2=O)c1. The molecule has 0 aromatic heterocycles. The maximum absolute atomic E-state index is 13.0. The van der Waals surface area contributed by atoms with Gasteiger partial charge in [0.2, 0.25) is 5.91 Å². The summed E-state index contributed by atoms with van der Waals surface area (Å²) in [5.41, 5.74) is 2.23. The number of carbonyl (C=O) groups is 3. The summed E-state index contributed by atoms with van der Waals surface area (Å²) in [4.78, 5) is 41.4. The van der Waals surface area contributed by atoms with Gasteiger partial charge < -0.3 is 0 Å². The Morgan fingerprint density at radius 3 is 2.55 bits per heavy atom. The summed E-state index contributed by atoms with van der Waals surface area (Å²) in [7, 11) is 0. The summed E-state index contributed by atoms with van der Waals surface area (Å²) in [6.07, 6.45) is 1.61. The molecule has 2 saturated heterocycles. The van der Waals surface area contributed by atoms with E-state index in [0.717, 1.165) is 27.8 Å². The third-order valence-electron chi connectivity index (χ3n) is 4.69. The van der Waals surface area contributed by atoms with Gasteiger partial charge in [-0.3, -0.25) is 19.3 Å². The predicted octanol–water partition coefficient (Wildman–Crippen LogP) is 4.18. The lowest BCUT2D eigenvalue weighted by Crippen LogP contribution is -2.44. The van der Waals surface area contributed by atoms with E-state index >= 15 is 0 Å². The average molecular weight is 443 g/mol. The van der Waals surface area contributed by atoms with Crippen LogP contribution in [0.3, 0.4) is 0 Å². The molecule has 8 heteroatoms. The molecule has 5 nitrogen and oxygen atoms in total. The third-order valence-corrected chi connectivity index (χ3v) is 6.27. The van der Waals surface area contributed by atoms with Gasteiger partial charge in [-0.05, 0) is 48.4 Å². The maximum Gasteiger partial charge on any atom is 0.266 e. The molecule has 2 aromatic carbocycles. The zero-order chi connectivity index (χ0) is 20.7. The number of hydrogen-bond donors (Lipinski definition) is 0. The molecule has 2 aliphatic heterocycles. The smallest absolute Gasteiger partial charge is 0.266 e. The van der Waals surface area contributed by atoms with Crippen LogP contribution in [-0.2, 0) is 14.4 Å². The van der Waals surface area contributed by atoms with Gasteiger partial charge >= 0.3 is 0 Å². The van der Waals surface area contributed by atoms with Crippen LogP contribution >= 0.6 is 35.6 Å². The highest BCUT2D eigenvalue weighted by molar-refractivity contribution is 8.26. The number of thioether (sulfide) groups is 1. The molecular formula is C21H15ClN2O3S2. The van der Waals surface area contributed by atoms with Crippen LogP contribution < -0.4 is 4.90 Å². The Balaban J connectivity index is 1.61. The van der Waals surface area contributed by atoms with Crippen LogP contribution in [0.5, 0.6) is 0 Å². The zero-order valence-corrected chi connectivity index (χ0v) is 17.7. The summed E-state index contributed by atoms with van der Waals surface area (Å²) >= 11 is 12.4. The van der Waals surface area contributed by atoms with Crippen molar-refractivity contribution < 1.29 is 14.4 Å². The Morgan fingerprint density at radius 1 is 1.14 bits per heavy atom. The molecule has 0 aliphatic carbocycles. The highest BCUT2D eigenvalue weighted by Crippen LogP contribution is 2.37. The lowest BCUT2D eigenvalue weighted by molar-refractivity contribution is -0.129. The van der Waals surface area contributed by atoms with Crippen molar-refractivity contribution in [3.8, 4) is 0 Å². The Labute approximate surface area is 182 Å². The zero-order valence-electron chi connectivity index (χ0n) is 15.3. The summed E-state index contributed by atoms with van der Waals surface area (Å²) in [5, 5.41) is 0.598. The maximum atomic E-state index is 13.0. The summed E-state index contributed by atoms with van der Waals surface area (Å²) < 4.78 is 0.271. The number of nitrogens with zero attached hydrogens (tertiary/aromatic N) is 2. The minimum Gasteiger partial charge on any atom is -0.280 e. The van der Waals surface area contributed by atoms with Gasteiger partial charge in [-0.1, -0.05) is 59.8 Å². The molecule has 0 saturated carbocycles. The van der Waals surface area contributed by atoms with E-state index in [4.69, 9.17) is 23.8 Å². The lowest BCUT2D eigenvalue weighted by Gasteiger charge is -2.21. The molecule has 0 N–H and O–H groups in total. The van der Waals surface area contributed by atoms with E-state index < -0.39 is 11.9 Å². The van der Waals surface area contributed by atoms with Crippen LogP contribution in [0, 0.1) is 6.92 Å². The molecule has 0 spiro atoms. The predicted molar refractivity (Wildman–Crippen MR) is 119 cm³/mol. The lowest BCUT2D eigenvalue weighted by atomic mass is 10.2. The summed E-state index contributed by atoms with van der Waals surface area (Å²) in [5.74, 6) is -1.15. The van der Waals surface area contributed by atoms with E-state index in [1.165, 1.54) is 4.90 Å². The van der Waals surface area contributed by atoms with Crippen LogP contribution in [0.4, 0.5) is 5.69 Å². The molecular weight excluding hydrogens is 428 g/mol. The topological polar surface area (TPSA) is 57.7 Å². The molecule has 2 heterocycles. The van der Waals surface area contributed by atoms with Gasteiger partial charge in [0.1, 0.15) is 10.4 Å². The summed E-state index contributed by atoms with van der Waals surface area (Å²) in [6, 6.07) is 13.3. The van der Waals surface area contributed by atoms with Gasteiger partial charge in [0.15, 0.2) is 0 Å². The minimum atomic E-state index is -0.924. The van der Waals surface area contributed by atoms with E-state index in [1.54, 1.807) is 48.5 Å². The van der Waals surface area contributed by atoms with Gasteiger partial charge in [-0.25, -0.2) is 4.90 Å². The van der Waals surface area contributed by atoms with Crippen molar-refractivity contribution in [3.63, 3.8) is 0 Å². The molecule has 4 rings (SSSR count). The highest BCUT2D eigenvalue weighted by Gasteiger charge is 2.48. The number of aryl methyl sites for hydroxylation is 1. The molecule has 2 aliphatic rings. The number of rotatable bonds is 3. The van der Waals surface area contributed by atoms with Crippen molar-refractivity contribution in [2.75, 3.05) is 4.90 Å². The number of thiocarbonyl (C=S) groups is 1. The van der Waals surface area contributed by atoms with Gasteiger partial charge in [-0.2, -0.15) is 0 Å². The van der Waals surface area contributed by atoms with E-state index in [2.05, 4.69) is 0 Å². The Bertz CT molecular complexity index is 1080. The second kappa shape index (κ2) is 7.74. The van der Waals surface area contributed by atoms with Crippen LogP contribution in [0.25, 0.3) is 6.08 Å². The largest absolute Gasteiger partial charge is 0.280 e. The number of benzene rings is 2. The Kier molecular flexibility index (Phi) is 5.29. The molecule has 146 valence electrons. The normalized spacial score (nSPS) is 21.0. The van der Waals surface area contributed by atoms with Crippen molar-refractivity contribution in [2.45, 2.75) is 19.4 Å². The number of halogens is 1. The molecule has 0 bridgehead atoms. The van der Waals surface area contributed by atoms with Crippen molar-refractivity contribution in [1.29, 1.82) is 0 Å². The molecule has 2 aromatic rings. The van der Waals surface area contributed by atoms with Crippen LogP contribution in [0.2, 0.25) is 5.02 Å². The van der Waals surface area contributed by atoms with Gasteiger partial charge in [-0.15, -0.1) is 0 Å². The highest BCUT2D eigenvalue weighted by atomic mass is 35.5. The monoisotopic (exact) mass is 442 g/mol. The van der Waals surface area contributed by atoms with Crippen LogP contribution in [0.1, 0.15) is 17.5 Å². The van der Waals surface area contributed by atoms with Gasteiger partial charge in [0, 0.05) is 5.02 Å². The van der Waals surface area contributed by atoms with Crippen LogP contribution in [-0.4, -0.2) is 33.0 Å². The van der Waals surface area contributed by atoms with E-state index in [9.17, 15) is 14.4 Å². The Hall–Kier alpha value is -2.48. The number of amides is 3. The first-order valence-electron chi connectivity index (χ1n) is 8.81. The average Bonchev–Trinajstić information content (AvgIpc) is 3.11. The number of carbonyl (C=O) groups excluding carboxylic acids is 3. The second-order valence-electron chi connectivity index (χ2n) is 6.73. The summed E-state index contributed by atoms with van der Waals surface area (Å²) in [6.45, 7) is 1.88. The standard InChI is InChI=1S/C21H15ClN2O3S2/c1-12-3-2-4-15(9-12)23-18(25)11-16(19(23)26)24-20(27)17(29-21(24)28)10-13-5-7-14(22)8-6-13/h2-10,16H,11H2,1H3/b17-10-. The molecule has 3 amide bonds. The first-order valence-corrected chi connectivity index (χ1v) is 10.4. The molecule has 29 heavy (non-hydrogen) atoms. The quantitative estimate of drug-likeness (QED) is 0.405. The van der Waals surface area contributed by atoms with Crippen LogP contribution in [0.15, 0.2) is 53.4 Å². The first kappa shape index (κ1) is 19.8. The molecule has 1 unspecified atom stereocenters. The van der Waals surface area contributed by atoms with Gasteiger partial charge in [0.25, 0.3) is 11.8 Å². The van der Waals surface area contributed by atoms with Crippen molar-refractivity contribution in [3.05, 3.63) is 69.6 Å². The number of hydrogen-bond acceptors (Lipinski definition) is 5. The van der Waals surface area contributed by atoms with Crippen molar-refractivity contribution in [2.24, 2.45) is 0 Å². The molecule has 2 fully saturated rings. The minimum absolute atomic E-state index is 0.0898. The van der Waals surface area contributed by atoms with Gasteiger partial charge in [0.05, 0.1) is 17.0 Å². The fourth-order valence-electron chi connectivity index (χ4n) is 3.31. The number of imide groups is 1. The van der Waals surface area contributed by atoms with E-state index in [-0.39, 0.29) is 22.6 Å². The fourth-order valence-corrected chi connectivity index (χ4v) is 4.80. The second-order valence-corrected chi connectivity index (χ2v) is 8.84. The molecule has 0 radical (unpaired) electrons. The van der Waals surface area contributed by atoms with E-state index in [0.29, 0.717) is 15.6 Å². The van der Waals surface area contributed by atoms with Crippen molar-refractivity contribution in [1.82, 2.24) is 4.90 Å². The Morgan fingerprint density at radius 2 is 1.86 bits per heavy atom. The van der Waals surface area contributed by atoms with Crippen molar-refractivity contribution >= 4 is 69.4 Å². The fraction of sp³-hybridized carbons (Fsp3) is 0.143. The third kappa shape index (κ3) is 3.73. The van der Waals surface area contributed by atoms with E-state index in [1.807, 2.05) is 13.0 Å². The molecule has 1 atom stereocenters.